The van der Waals surface area contributed by atoms with Crippen LogP contribution in [0, 0.1) is 0 Å². The van der Waals surface area contributed by atoms with Crippen molar-refractivity contribution in [1.29, 1.82) is 0 Å². The largest absolute Gasteiger partial charge is 0.497 e. The van der Waals surface area contributed by atoms with Crippen molar-refractivity contribution in [2.24, 2.45) is 0 Å². The minimum absolute atomic E-state index is 0.181. The molecular formula is C17H16O5. The molecule has 0 spiro atoms. The molecule has 5 nitrogen and oxygen atoms in total. The Kier molecular flexibility index (Phi) is 5.14. The van der Waals surface area contributed by atoms with E-state index < -0.39 is 5.97 Å². The Hall–Kier alpha value is -2.82. The third-order valence-corrected chi connectivity index (χ3v) is 3.02. The number of carbonyl (C=O) groups is 2. The Morgan fingerprint density at radius 2 is 1.68 bits per heavy atom. The number of benzene rings is 2. The summed E-state index contributed by atoms with van der Waals surface area (Å²) in [7, 11) is 2.87. The molecule has 0 amide bonds. The number of rotatable bonds is 5. The lowest BCUT2D eigenvalue weighted by Gasteiger charge is -2.06. The maximum atomic E-state index is 12.0. The van der Waals surface area contributed by atoms with E-state index in [1.807, 2.05) is 0 Å². The number of methoxy groups -OCH3 is 2. The lowest BCUT2D eigenvalue weighted by atomic mass is 10.1. The molecule has 114 valence electrons. The zero-order valence-electron chi connectivity index (χ0n) is 12.4. The second kappa shape index (κ2) is 7.26. The number of carbonyl (C=O) groups excluding carboxylic acids is 2. The number of esters is 2. The van der Waals surface area contributed by atoms with E-state index in [2.05, 4.69) is 4.74 Å². The van der Waals surface area contributed by atoms with Gasteiger partial charge in [-0.05, 0) is 35.9 Å². The van der Waals surface area contributed by atoms with E-state index in [-0.39, 0.29) is 12.4 Å². The van der Waals surface area contributed by atoms with E-state index in [1.54, 1.807) is 48.5 Å². The van der Waals surface area contributed by atoms with Crippen LogP contribution < -0.4 is 9.47 Å². The third kappa shape index (κ3) is 4.09. The molecule has 0 aliphatic carbocycles. The van der Waals surface area contributed by atoms with Crippen molar-refractivity contribution >= 4 is 11.9 Å². The van der Waals surface area contributed by atoms with Crippen LogP contribution in [-0.4, -0.2) is 26.2 Å². The standard InChI is InChI=1S/C17H16O5/c1-20-15-5-3-4-13(11-15)17(19)22-14-8-6-12(7-9-14)10-16(18)21-2/h3-9,11H,10H2,1-2H3. The van der Waals surface area contributed by atoms with Crippen LogP contribution in [0.3, 0.4) is 0 Å². The highest BCUT2D eigenvalue weighted by atomic mass is 16.5. The molecule has 0 aromatic heterocycles. The SMILES string of the molecule is COC(=O)Cc1ccc(OC(=O)c2cccc(OC)c2)cc1. The first-order chi connectivity index (χ1) is 10.6. The van der Waals surface area contributed by atoms with Crippen LogP contribution in [0.4, 0.5) is 0 Å². The van der Waals surface area contributed by atoms with Crippen LogP contribution >= 0.6 is 0 Å². The molecule has 0 N–H and O–H groups in total. The van der Waals surface area contributed by atoms with Gasteiger partial charge in [0, 0.05) is 0 Å². The second-order valence-corrected chi connectivity index (χ2v) is 4.52. The summed E-state index contributed by atoms with van der Waals surface area (Å²) in [5.41, 5.74) is 1.19. The fourth-order valence-corrected chi connectivity index (χ4v) is 1.83. The summed E-state index contributed by atoms with van der Waals surface area (Å²) in [5.74, 6) is 0.199. The molecule has 0 bridgehead atoms. The molecule has 5 heteroatoms. The van der Waals surface area contributed by atoms with Gasteiger partial charge in [0.15, 0.2) is 0 Å². The highest BCUT2D eigenvalue weighted by Gasteiger charge is 2.10. The van der Waals surface area contributed by atoms with Gasteiger partial charge in [0.2, 0.25) is 0 Å². The summed E-state index contributed by atoms with van der Waals surface area (Å²) < 4.78 is 14.9. The van der Waals surface area contributed by atoms with Gasteiger partial charge in [-0.15, -0.1) is 0 Å². The zero-order valence-corrected chi connectivity index (χ0v) is 12.4. The van der Waals surface area contributed by atoms with Crippen molar-refractivity contribution in [2.45, 2.75) is 6.42 Å². The van der Waals surface area contributed by atoms with Gasteiger partial charge in [-0.1, -0.05) is 18.2 Å². The fourth-order valence-electron chi connectivity index (χ4n) is 1.83. The van der Waals surface area contributed by atoms with Gasteiger partial charge in [0.05, 0.1) is 26.2 Å². The summed E-state index contributed by atoms with van der Waals surface area (Å²) in [6.45, 7) is 0. The predicted molar refractivity (Wildman–Crippen MR) is 80.1 cm³/mol. The highest BCUT2D eigenvalue weighted by molar-refractivity contribution is 5.91. The lowest BCUT2D eigenvalue weighted by Crippen LogP contribution is -2.09. The van der Waals surface area contributed by atoms with Gasteiger partial charge >= 0.3 is 11.9 Å². The molecule has 0 aliphatic heterocycles. The topological polar surface area (TPSA) is 61.8 Å². The van der Waals surface area contributed by atoms with Crippen LogP contribution in [0.2, 0.25) is 0 Å². The molecule has 2 aromatic carbocycles. The molecule has 0 fully saturated rings. The van der Waals surface area contributed by atoms with E-state index in [0.717, 1.165) is 5.56 Å². The molecule has 0 heterocycles. The van der Waals surface area contributed by atoms with E-state index in [4.69, 9.17) is 9.47 Å². The van der Waals surface area contributed by atoms with Crippen molar-refractivity contribution in [3.8, 4) is 11.5 Å². The van der Waals surface area contributed by atoms with Crippen molar-refractivity contribution in [3.63, 3.8) is 0 Å². The van der Waals surface area contributed by atoms with Crippen LogP contribution in [0.5, 0.6) is 11.5 Å². The average molecular weight is 300 g/mol. The van der Waals surface area contributed by atoms with Gasteiger partial charge in [-0.3, -0.25) is 4.79 Å². The van der Waals surface area contributed by atoms with Crippen LogP contribution in [-0.2, 0) is 16.0 Å². The summed E-state index contributed by atoms with van der Waals surface area (Å²) in [5, 5.41) is 0. The second-order valence-electron chi connectivity index (χ2n) is 4.52. The highest BCUT2D eigenvalue weighted by Crippen LogP contribution is 2.17. The fraction of sp³-hybridized carbons (Fsp3) is 0.176. The first kappa shape index (κ1) is 15.6. The summed E-state index contributed by atoms with van der Waals surface area (Å²) >= 11 is 0. The Labute approximate surface area is 128 Å². The Balaban J connectivity index is 2.03. The Bertz CT molecular complexity index is 661. The number of hydrogen-bond acceptors (Lipinski definition) is 5. The van der Waals surface area contributed by atoms with Gasteiger partial charge in [0.1, 0.15) is 11.5 Å². The smallest absolute Gasteiger partial charge is 0.343 e. The maximum absolute atomic E-state index is 12.0. The molecular weight excluding hydrogens is 284 g/mol. The number of ether oxygens (including phenoxy) is 3. The first-order valence-corrected chi connectivity index (χ1v) is 6.64. The van der Waals surface area contributed by atoms with Crippen molar-refractivity contribution < 1.29 is 23.8 Å². The van der Waals surface area contributed by atoms with Crippen molar-refractivity contribution in [2.75, 3.05) is 14.2 Å². The number of hydrogen-bond donors (Lipinski definition) is 0. The van der Waals surface area contributed by atoms with Gasteiger partial charge in [-0.25, -0.2) is 4.79 Å². The molecule has 0 unspecified atom stereocenters. The minimum Gasteiger partial charge on any atom is -0.497 e. The minimum atomic E-state index is -0.473. The normalized spacial score (nSPS) is 9.91. The molecule has 0 radical (unpaired) electrons. The van der Waals surface area contributed by atoms with Crippen molar-refractivity contribution in [3.05, 3.63) is 59.7 Å². The van der Waals surface area contributed by atoms with E-state index in [0.29, 0.717) is 17.1 Å². The van der Waals surface area contributed by atoms with Crippen molar-refractivity contribution in [1.82, 2.24) is 0 Å². The van der Waals surface area contributed by atoms with Gasteiger partial charge in [-0.2, -0.15) is 0 Å². The van der Waals surface area contributed by atoms with Gasteiger partial charge < -0.3 is 14.2 Å². The molecule has 0 atom stereocenters. The molecule has 2 aromatic rings. The molecule has 22 heavy (non-hydrogen) atoms. The average Bonchev–Trinajstić information content (AvgIpc) is 2.56. The quantitative estimate of drug-likeness (QED) is 0.627. The molecule has 0 saturated heterocycles. The van der Waals surface area contributed by atoms with Gasteiger partial charge in [0.25, 0.3) is 0 Å². The molecule has 0 saturated carbocycles. The molecule has 2 rings (SSSR count). The summed E-state index contributed by atoms with van der Waals surface area (Å²) in [4.78, 5) is 23.2. The predicted octanol–water partition coefficient (Wildman–Crippen LogP) is 2.63. The lowest BCUT2D eigenvalue weighted by molar-refractivity contribution is -0.139. The van der Waals surface area contributed by atoms with E-state index >= 15 is 0 Å². The summed E-state index contributed by atoms with van der Waals surface area (Å²) in [6, 6.07) is 13.4. The monoisotopic (exact) mass is 300 g/mol. The van der Waals surface area contributed by atoms with Crippen LogP contribution in [0.1, 0.15) is 15.9 Å². The first-order valence-electron chi connectivity index (χ1n) is 6.64. The third-order valence-electron chi connectivity index (χ3n) is 3.02. The van der Waals surface area contributed by atoms with Crippen LogP contribution in [0.15, 0.2) is 48.5 Å². The molecule has 0 aliphatic rings. The van der Waals surface area contributed by atoms with Crippen LogP contribution in [0.25, 0.3) is 0 Å². The van der Waals surface area contributed by atoms with E-state index in [9.17, 15) is 9.59 Å². The Morgan fingerprint density at radius 3 is 2.32 bits per heavy atom. The van der Waals surface area contributed by atoms with E-state index in [1.165, 1.54) is 14.2 Å². The Morgan fingerprint density at radius 1 is 0.955 bits per heavy atom. The maximum Gasteiger partial charge on any atom is 0.343 e. The summed E-state index contributed by atoms with van der Waals surface area (Å²) in [6.07, 6.45) is 0.181. The zero-order chi connectivity index (χ0) is 15.9.